The molecular weight excluding hydrogens is 236 g/mol. The Labute approximate surface area is 102 Å². The van der Waals surface area contributed by atoms with Gasteiger partial charge in [0.1, 0.15) is 11.7 Å². The normalized spacial score (nSPS) is 11.9. The van der Waals surface area contributed by atoms with E-state index in [2.05, 4.69) is 10.1 Å². The summed E-state index contributed by atoms with van der Waals surface area (Å²) in [7, 11) is 0. The molecule has 0 aliphatic rings. The Bertz CT molecular complexity index is 645. The zero-order valence-electron chi connectivity index (χ0n) is 9.70. The van der Waals surface area contributed by atoms with Gasteiger partial charge in [0.25, 0.3) is 5.69 Å². The second kappa shape index (κ2) is 4.32. The number of nitro groups is 1. The number of rotatable bonds is 3. The average Bonchev–Trinajstić information content (AvgIpc) is 2.64. The summed E-state index contributed by atoms with van der Waals surface area (Å²) in [6.45, 7) is 2.09. The summed E-state index contributed by atoms with van der Waals surface area (Å²) in [5.74, 6) is 6.04. The van der Waals surface area contributed by atoms with Crippen molar-refractivity contribution in [3.05, 3.63) is 34.1 Å². The zero-order valence-corrected chi connectivity index (χ0v) is 9.70. The molecule has 8 nitrogen and oxygen atoms in total. The van der Waals surface area contributed by atoms with Crippen molar-refractivity contribution in [1.29, 1.82) is 0 Å². The molecule has 0 saturated heterocycles. The summed E-state index contributed by atoms with van der Waals surface area (Å²) < 4.78 is 1.80. The van der Waals surface area contributed by atoms with Gasteiger partial charge in [-0.1, -0.05) is 0 Å². The first kappa shape index (κ1) is 11.8. The van der Waals surface area contributed by atoms with Gasteiger partial charge in [-0.05, 0) is 13.0 Å². The number of imidazole rings is 1. The quantitative estimate of drug-likeness (QED) is 0.269. The number of aromatic nitrogens is 2. The number of hydrazone groups is 1. The first-order chi connectivity index (χ1) is 8.52. The molecule has 4 N–H and O–H groups in total. The predicted octanol–water partition coefficient (Wildman–Crippen LogP) is 0.484. The zero-order chi connectivity index (χ0) is 13.3. The molecule has 0 fully saturated rings. The van der Waals surface area contributed by atoms with Crippen molar-refractivity contribution in [3.8, 4) is 0 Å². The number of hydrogen-bond donors (Lipinski definition) is 2. The van der Waals surface area contributed by atoms with E-state index in [1.165, 1.54) is 12.1 Å². The third-order valence-electron chi connectivity index (χ3n) is 2.62. The molecule has 1 aromatic carbocycles. The number of non-ortho nitro benzene ring substituents is 1. The van der Waals surface area contributed by atoms with E-state index in [4.69, 9.17) is 11.6 Å². The highest BCUT2D eigenvalue weighted by molar-refractivity contribution is 5.84. The molecule has 0 saturated carbocycles. The minimum Gasteiger partial charge on any atom is -0.384 e. The van der Waals surface area contributed by atoms with Gasteiger partial charge < -0.3 is 16.1 Å². The Morgan fingerprint density at radius 3 is 2.94 bits per heavy atom. The minimum atomic E-state index is -0.455. The van der Waals surface area contributed by atoms with Crippen LogP contribution in [-0.2, 0) is 6.54 Å². The summed E-state index contributed by atoms with van der Waals surface area (Å²) in [5.41, 5.74) is 6.88. The van der Waals surface area contributed by atoms with Gasteiger partial charge in [0.2, 0.25) is 0 Å². The maximum Gasteiger partial charge on any atom is 0.271 e. The van der Waals surface area contributed by atoms with Crippen LogP contribution in [0.4, 0.5) is 5.69 Å². The highest BCUT2D eigenvalue weighted by atomic mass is 16.6. The van der Waals surface area contributed by atoms with Gasteiger partial charge in [0, 0.05) is 12.1 Å². The Balaban J connectivity index is 2.55. The molecular formula is C10H12N6O2. The number of benzene rings is 1. The topological polar surface area (TPSA) is 125 Å². The summed E-state index contributed by atoms with van der Waals surface area (Å²) in [6.07, 6.45) is 0. The van der Waals surface area contributed by atoms with Crippen LogP contribution in [0.25, 0.3) is 11.0 Å². The highest BCUT2D eigenvalue weighted by Crippen LogP contribution is 2.21. The predicted molar refractivity (Wildman–Crippen MR) is 66.9 cm³/mol. The van der Waals surface area contributed by atoms with Crippen LogP contribution < -0.4 is 11.6 Å². The first-order valence-electron chi connectivity index (χ1n) is 5.16. The number of aryl methyl sites for hydroxylation is 1. The van der Waals surface area contributed by atoms with Crippen LogP contribution in [0.5, 0.6) is 0 Å². The van der Waals surface area contributed by atoms with E-state index in [0.29, 0.717) is 17.9 Å². The number of nitro benzene ring substituents is 1. The van der Waals surface area contributed by atoms with Crippen LogP contribution in [0, 0.1) is 17.0 Å². The van der Waals surface area contributed by atoms with Crippen LogP contribution >= 0.6 is 0 Å². The average molecular weight is 248 g/mol. The van der Waals surface area contributed by atoms with Crippen molar-refractivity contribution in [3.63, 3.8) is 0 Å². The lowest BCUT2D eigenvalue weighted by atomic mass is 10.3. The number of nitrogens with two attached hydrogens (primary N) is 2. The molecule has 0 unspecified atom stereocenters. The van der Waals surface area contributed by atoms with E-state index < -0.39 is 4.92 Å². The third kappa shape index (κ3) is 1.95. The molecule has 0 spiro atoms. The molecule has 0 aliphatic heterocycles. The Morgan fingerprint density at radius 2 is 2.33 bits per heavy atom. The van der Waals surface area contributed by atoms with E-state index in [-0.39, 0.29) is 11.5 Å². The van der Waals surface area contributed by atoms with Gasteiger partial charge in [0.05, 0.1) is 22.5 Å². The number of hydrogen-bond acceptors (Lipinski definition) is 5. The molecule has 0 amide bonds. The Kier molecular flexibility index (Phi) is 2.84. The number of amidine groups is 1. The van der Waals surface area contributed by atoms with Crippen LogP contribution in [0.2, 0.25) is 0 Å². The van der Waals surface area contributed by atoms with E-state index >= 15 is 0 Å². The minimum absolute atomic E-state index is 0.00705. The summed E-state index contributed by atoms with van der Waals surface area (Å²) >= 11 is 0. The van der Waals surface area contributed by atoms with Crippen LogP contribution in [-0.4, -0.2) is 20.3 Å². The second-order valence-corrected chi connectivity index (χ2v) is 3.80. The maximum atomic E-state index is 10.7. The second-order valence-electron chi connectivity index (χ2n) is 3.80. The van der Waals surface area contributed by atoms with Gasteiger partial charge >= 0.3 is 0 Å². The molecule has 18 heavy (non-hydrogen) atoms. The third-order valence-corrected chi connectivity index (χ3v) is 2.62. The standard InChI is InChI=1S/C10H12N6O2/c1-6-13-8-4-7(16(17)18)2-3-9(8)15(6)5-10(11)14-12/h2-4H,5,12H2,1H3,(H2,11,14). The molecule has 1 heterocycles. The fourth-order valence-electron chi connectivity index (χ4n) is 1.75. The lowest BCUT2D eigenvalue weighted by Crippen LogP contribution is -2.21. The largest absolute Gasteiger partial charge is 0.384 e. The van der Waals surface area contributed by atoms with Crippen molar-refractivity contribution >= 4 is 22.6 Å². The maximum absolute atomic E-state index is 10.7. The van der Waals surface area contributed by atoms with Gasteiger partial charge in [-0.15, -0.1) is 0 Å². The molecule has 0 bridgehead atoms. The fourth-order valence-corrected chi connectivity index (χ4v) is 1.75. The van der Waals surface area contributed by atoms with E-state index in [1.807, 2.05) is 0 Å². The smallest absolute Gasteiger partial charge is 0.271 e. The summed E-state index contributed by atoms with van der Waals surface area (Å²) in [5, 5.41) is 14.1. The SMILES string of the molecule is Cc1nc2cc([N+](=O)[O-])ccc2n1CC(N)=NN. The highest BCUT2D eigenvalue weighted by Gasteiger charge is 2.12. The molecule has 8 heteroatoms. The van der Waals surface area contributed by atoms with Crippen molar-refractivity contribution in [2.75, 3.05) is 0 Å². The molecule has 94 valence electrons. The van der Waals surface area contributed by atoms with Gasteiger partial charge in [-0.25, -0.2) is 4.98 Å². The summed E-state index contributed by atoms with van der Waals surface area (Å²) in [4.78, 5) is 14.5. The molecule has 2 aromatic rings. The molecule has 0 radical (unpaired) electrons. The van der Waals surface area contributed by atoms with Crippen LogP contribution in [0.3, 0.4) is 0 Å². The number of nitrogens with zero attached hydrogens (tertiary/aromatic N) is 4. The van der Waals surface area contributed by atoms with Gasteiger partial charge in [-0.3, -0.25) is 10.1 Å². The molecule has 0 aliphatic carbocycles. The van der Waals surface area contributed by atoms with Gasteiger partial charge in [0.15, 0.2) is 0 Å². The fraction of sp³-hybridized carbons (Fsp3) is 0.200. The van der Waals surface area contributed by atoms with E-state index in [9.17, 15) is 10.1 Å². The Hall–Kier alpha value is -2.64. The van der Waals surface area contributed by atoms with E-state index in [1.54, 1.807) is 17.6 Å². The lowest BCUT2D eigenvalue weighted by Gasteiger charge is -2.05. The van der Waals surface area contributed by atoms with E-state index in [0.717, 1.165) is 5.52 Å². The molecule has 1 aromatic heterocycles. The van der Waals surface area contributed by atoms with Crippen molar-refractivity contribution in [2.45, 2.75) is 13.5 Å². The molecule has 2 rings (SSSR count). The Morgan fingerprint density at radius 1 is 1.61 bits per heavy atom. The van der Waals surface area contributed by atoms with Crippen LogP contribution in [0.15, 0.2) is 23.3 Å². The monoisotopic (exact) mass is 248 g/mol. The molecule has 0 atom stereocenters. The summed E-state index contributed by atoms with van der Waals surface area (Å²) in [6, 6.07) is 4.49. The van der Waals surface area contributed by atoms with Crippen molar-refractivity contribution in [2.24, 2.45) is 16.7 Å². The first-order valence-corrected chi connectivity index (χ1v) is 5.16. The van der Waals surface area contributed by atoms with Crippen LogP contribution in [0.1, 0.15) is 5.82 Å². The van der Waals surface area contributed by atoms with Crippen molar-refractivity contribution < 1.29 is 4.92 Å². The van der Waals surface area contributed by atoms with Crippen molar-refractivity contribution in [1.82, 2.24) is 9.55 Å². The van der Waals surface area contributed by atoms with Gasteiger partial charge in [-0.2, -0.15) is 5.10 Å². The number of fused-ring (bicyclic) bond motifs is 1. The lowest BCUT2D eigenvalue weighted by molar-refractivity contribution is -0.384.